The molecule has 0 radical (unpaired) electrons. The number of aliphatic carboxylic acids is 1. The highest BCUT2D eigenvalue weighted by molar-refractivity contribution is 5.94. The van der Waals surface area contributed by atoms with Gasteiger partial charge in [0.25, 0.3) is 0 Å². The second-order valence-electron chi connectivity index (χ2n) is 9.18. The van der Waals surface area contributed by atoms with Crippen molar-refractivity contribution in [2.45, 2.75) is 63.7 Å². The fourth-order valence-electron chi connectivity index (χ4n) is 3.79. The van der Waals surface area contributed by atoms with Gasteiger partial charge in [0.15, 0.2) is 0 Å². The van der Waals surface area contributed by atoms with Crippen LogP contribution in [0.2, 0.25) is 0 Å². The quantitative estimate of drug-likeness (QED) is 0.140. The Morgan fingerprint density at radius 2 is 1.58 bits per heavy atom. The SMILES string of the molecule is CCC(C)C(N)C(=O)NC(CO)C(=O)NC(CCC(N)=O)C(=O)NC(Cc1c[nH]c2ccccc12)C(=O)O. The first kappa shape index (κ1) is 30.3. The number of benzene rings is 1. The Hall–Kier alpha value is -3.97. The van der Waals surface area contributed by atoms with Gasteiger partial charge in [0, 0.05) is 29.9 Å². The largest absolute Gasteiger partial charge is 0.480 e. The summed E-state index contributed by atoms with van der Waals surface area (Å²) in [5, 5.41) is 27.3. The average Bonchev–Trinajstić information content (AvgIpc) is 3.30. The van der Waals surface area contributed by atoms with Crippen LogP contribution in [-0.2, 0) is 30.4 Å². The number of H-pyrrole nitrogens is 1. The summed E-state index contributed by atoms with van der Waals surface area (Å²) in [5.74, 6) is -4.66. The van der Waals surface area contributed by atoms with Crippen molar-refractivity contribution in [3.8, 4) is 0 Å². The number of aliphatic hydroxyl groups is 1. The molecule has 2 aromatic rings. The topological polar surface area (TPSA) is 230 Å². The van der Waals surface area contributed by atoms with Crippen molar-refractivity contribution >= 4 is 40.5 Å². The van der Waals surface area contributed by atoms with E-state index in [1.54, 1.807) is 19.2 Å². The highest BCUT2D eigenvalue weighted by atomic mass is 16.4. The number of hydrogen-bond donors (Lipinski definition) is 8. The van der Waals surface area contributed by atoms with Crippen molar-refractivity contribution in [3.63, 3.8) is 0 Å². The molecular formula is C25H36N6O7. The van der Waals surface area contributed by atoms with Crippen molar-refractivity contribution in [1.82, 2.24) is 20.9 Å². The van der Waals surface area contributed by atoms with Gasteiger partial charge in [0.2, 0.25) is 23.6 Å². The minimum Gasteiger partial charge on any atom is -0.480 e. The van der Waals surface area contributed by atoms with Crippen LogP contribution in [0.1, 0.15) is 38.7 Å². The number of aromatic nitrogens is 1. The molecule has 13 nitrogen and oxygen atoms in total. The molecule has 38 heavy (non-hydrogen) atoms. The van der Waals surface area contributed by atoms with E-state index in [9.17, 15) is 34.2 Å². The number of carboxylic acids is 1. The number of primary amides is 1. The molecule has 1 aromatic heterocycles. The van der Waals surface area contributed by atoms with Gasteiger partial charge in [-0.25, -0.2) is 4.79 Å². The predicted octanol–water partition coefficient (Wildman–Crippen LogP) is -1.12. The lowest BCUT2D eigenvalue weighted by Crippen LogP contribution is -2.58. The summed E-state index contributed by atoms with van der Waals surface area (Å²) >= 11 is 0. The molecule has 0 bridgehead atoms. The van der Waals surface area contributed by atoms with Crippen LogP contribution in [0.15, 0.2) is 30.5 Å². The molecule has 10 N–H and O–H groups in total. The summed E-state index contributed by atoms with van der Waals surface area (Å²) in [6.07, 6.45) is 1.70. The van der Waals surface area contributed by atoms with E-state index >= 15 is 0 Å². The van der Waals surface area contributed by atoms with Gasteiger partial charge >= 0.3 is 5.97 Å². The molecule has 0 aliphatic rings. The van der Waals surface area contributed by atoms with E-state index in [0.717, 1.165) is 10.9 Å². The number of carbonyl (C=O) groups excluding carboxylic acids is 4. The zero-order valence-corrected chi connectivity index (χ0v) is 21.4. The molecule has 0 spiro atoms. The van der Waals surface area contributed by atoms with Gasteiger partial charge < -0.3 is 42.6 Å². The maximum absolute atomic E-state index is 13.0. The number of para-hydroxylation sites is 1. The highest BCUT2D eigenvalue weighted by Gasteiger charge is 2.31. The second-order valence-corrected chi connectivity index (χ2v) is 9.18. The maximum atomic E-state index is 13.0. The summed E-state index contributed by atoms with van der Waals surface area (Å²) in [5.41, 5.74) is 12.5. The molecule has 0 aliphatic heterocycles. The van der Waals surface area contributed by atoms with Crippen LogP contribution >= 0.6 is 0 Å². The zero-order valence-electron chi connectivity index (χ0n) is 21.4. The van der Waals surface area contributed by atoms with E-state index in [1.165, 1.54) is 0 Å². The Balaban J connectivity index is 2.15. The summed E-state index contributed by atoms with van der Waals surface area (Å²) in [7, 11) is 0. The number of rotatable bonds is 15. The smallest absolute Gasteiger partial charge is 0.326 e. The molecule has 0 fully saturated rings. The Bertz CT molecular complexity index is 1150. The lowest BCUT2D eigenvalue weighted by Gasteiger charge is -2.25. The molecule has 208 valence electrons. The fourth-order valence-corrected chi connectivity index (χ4v) is 3.79. The van der Waals surface area contributed by atoms with E-state index in [0.29, 0.717) is 12.0 Å². The molecule has 4 amide bonds. The fraction of sp³-hybridized carbons (Fsp3) is 0.480. The Morgan fingerprint density at radius 1 is 0.974 bits per heavy atom. The summed E-state index contributed by atoms with van der Waals surface area (Å²) < 4.78 is 0. The third kappa shape index (κ3) is 8.28. The molecule has 5 unspecified atom stereocenters. The number of fused-ring (bicyclic) bond motifs is 1. The Labute approximate surface area is 219 Å². The van der Waals surface area contributed by atoms with E-state index < -0.39 is 60.4 Å². The number of amides is 4. The molecule has 0 aliphatic carbocycles. The van der Waals surface area contributed by atoms with Crippen LogP contribution in [0, 0.1) is 5.92 Å². The number of aliphatic hydroxyl groups excluding tert-OH is 1. The van der Waals surface area contributed by atoms with Crippen LogP contribution < -0.4 is 27.4 Å². The molecule has 0 saturated heterocycles. The van der Waals surface area contributed by atoms with Gasteiger partial charge in [-0.15, -0.1) is 0 Å². The van der Waals surface area contributed by atoms with Crippen LogP contribution in [-0.4, -0.2) is 75.6 Å². The third-order valence-electron chi connectivity index (χ3n) is 6.40. The van der Waals surface area contributed by atoms with Gasteiger partial charge in [-0.2, -0.15) is 0 Å². The number of carboxylic acid groups (broad SMARTS) is 1. The van der Waals surface area contributed by atoms with E-state index in [2.05, 4.69) is 20.9 Å². The number of nitrogens with one attached hydrogen (secondary N) is 4. The first-order valence-corrected chi connectivity index (χ1v) is 12.3. The van der Waals surface area contributed by atoms with Crippen molar-refractivity contribution in [3.05, 3.63) is 36.0 Å². The molecule has 2 rings (SSSR count). The molecule has 13 heteroatoms. The number of carbonyl (C=O) groups is 5. The molecule has 1 heterocycles. The van der Waals surface area contributed by atoms with Gasteiger partial charge in [0.05, 0.1) is 12.6 Å². The summed E-state index contributed by atoms with van der Waals surface area (Å²) in [4.78, 5) is 64.6. The highest BCUT2D eigenvalue weighted by Crippen LogP contribution is 2.19. The lowest BCUT2D eigenvalue weighted by atomic mass is 9.99. The number of aromatic amines is 1. The summed E-state index contributed by atoms with van der Waals surface area (Å²) in [6.45, 7) is 2.82. The van der Waals surface area contributed by atoms with Gasteiger partial charge in [-0.1, -0.05) is 38.5 Å². The normalized spacial score (nSPS) is 15.1. The van der Waals surface area contributed by atoms with E-state index in [1.807, 2.05) is 25.1 Å². The number of hydrogen-bond acceptors (Lipinski definition) is 7. The van der Waals surface area contributed by atoms with Gasteiger partial charge in [-0.05, 0) is 24.0 Å². The molecule has 0 saturated carbocycles. The number of nitrogens with two attached hydrogens (primary N) is 2. The monoisotopic (exact) mass is 532 g/mol. The first-order chi connectivity index (χ1) is 18.0. The van der Waals surface area contributed by atoms with Crippen molar-refractivity contribution in [2.24, 2.45) is 17.4 Å². The Morgan fingerprint density at radius 3 is 2.18 bits per heavy atom. The first-order valence-electron chi connectivity index (χ1n) is 12.3. The van der Waals surface area contributed by atoms with E-state index in [-0.39, 0.29) is 25.2 Å². The minimum atomic E-state index is -1.43. The second kappa shape index (κ2) is 14.1. The molecule has 5 atom stereocenters. The lowest BCUT2D eigenvalue weighted by molar-refractivity contribution is -0.142. The van der Waals surface area contributed by atoms with Crippen molar-refractivity contribution in [2.75, 3.05) is 6.61 Å². The third-order valence-corrected chi connectivity index (χ3v) is 6.40. The zero-order chi connectivity index (χ0) is 28.4. The predicted molar refractivity (Wildman–Crippen MR) is 138 cm³/mol. The summed E-state index contributed by atoms with van der Waals surface area (Å²) in [6, 6.07) is 2.20. The standard InChI is InChI=1S/C25H36N6O7/c1-3-13(2)21(27)24(36)31-19(12-32)23(35)29-17(8-9-20(26)33)22(34)30-18(25(37)38)10-14-11-28-16-7-5-4-6-15(14)16/h4-7,11,13,17-19,21,28,32H,3,8-10,12,27H2,1-2H3,(H2,26,33)(H,29,35)(H,30,34)(H,31,36)(H,37,38). The van der Waals surface area contributed by atoms with Gasteiger partial charge in [0.1, 0.15) is 18.1 Å². The van der Waals surface area contributed by atoms with E-state index in [4.69, 9.17) is 11.5 Å². The van der Waals surface area contributed by atoms with Crippen LogP contribution in [0.3, 0.4) is 0 Å². The van der Waals surface area contributed by atoms with Gasteiger partial charge in [-0.3, -0.25) is 19.2 Å². The molecular weight excluding hydrogens is 496 g/mol. The minimum absolute atomic E-state index is 0.0512. The Kier molecular flexibility index (Phi) is 11.2. The average molecular weight is 533 g/mol. The van der Waals surface area contributed by atoms with Crippen LogP contribution in [0.4, 0.5) is 0 Å². The van der Waals surface area contributed by atoms with Crippen molar-refractivity contribution in [1.29, 1.82) is 0 Å². The molecule has 1 aromatic carbocycles. The van der Waals surface area contributed by atoms with Crippen LogP contribution in [0.5, 0.6) is 0 Å². The van der Waals surface area contributed by atoms with Crippen LogP contribution in [0.25, 0.3) is 10.9 Å². The maximum Gasteiger partial charge on any atom is 0.326 e. The van der Waals surface area contributed by atoms with Crippen molar-refractivity contribution < 1.29 is 34.2 Å².